The molecule has 0 rings (SSSR count). The number of aliphatic hydroxyl groups excluding tert-OH is 2. The summed E-state index contributed by atoms with van der Waals surface area (Å²) in [6, 6.07) is 0. The van der Waals surface area contributed by atoms with E-state index < -0.39 is 24.8 Å². The fourth-order valence-corrected chi connectivity index (χ4v) is 5.18. The minimum absolute atomic E-state index is 0.251. The third-order valence-corrected chi connectivity index (χ3v) is 8.00. The number of esters is 1. The zero-order chi connectivity index (χ0) is 30.9. The quantitative estimate of drug-likeness (QED) is 0.0461. The number of aliphatic hydroxyl groups is 2. The van der Waals surface area contributed by atoms with Crippen molar-refractivity contribution in [3.63, 3.8) is 0 Å². The first-order valence-corrected chi connectivity index (χ1v) is 17.9. The molecular formula is C37H68O5. The fourth-order valence-electron chi connectivity index (χ4n) is 5.18. The summed E-state index contributed by atoms with van der Waals surface area (Å²) in [5, 5.41) is 19.9. The molecule has 0 aromatic heterocycles. The summed E-state index contributed by atoms with van der Waals surface area (Å²) < 4.78 is 5.25. The number of carbonyl (C=O) groups excluding carboxylic acids is 2. The summed E-state index contributed by atoms with van der Waals surface area (Å²) in [7, 11) is 0. The Morgan fingerprint density at radius 2 is 0.976 bits per heavy atom. The van der Waals surface area contributed by atoms with Gasteiger partial charge >= 0.3 is 5.97 Å². The van der Waals surface area contributed by atoms with Gasteiger partial charge in [0.25, 0.3) is 0 Å². The summed E-state index contributed by atoms with van der Waals surface area (Å²) in [5.74, 6) is -0.797. The largest absolute Gasteiger partial charge is 0.457 e. The van der Waals surface area contributed by atoms with E-state index in [2.05, 4.69) is 38.2 Å². The lowest BCUT2D eigenvalue weighted by molar-refractivity contribution is -0.161. The van der Waals surface area contributed by atoms with Crippen molar-refractivity contribution in [3.05, 3.63) is 24.3 Å². The molecule has 2 N–H and O–H groups in total. The van der Waals surface area contributed by atoms with Crippen molar-refractivity contribution < 1.29 is 24.5 Å². The molecule has 0 radical (unpaired) electrons. The van der Waals surface area contributed by atoms with Gasteiger partial charge in [0, 0.05) is 12.8 Å². The van der Waals surface area contributed by atoms with Crippen LogP contribution in [0.5, 0.6) is 0 Å². The highest BCUT2D eigenvalue weighted by Gasteiger charge is 2.28. The van der Waals surface area contributed by atoms with Gasteiger partial charge in [0.2, 0.25) is 0 Å². The average molecular weight is 593 g/mol. The van der Waals surface area contributed by atoms with Crippen LogP contribution in [0, 0.1) is 0 Å². The van der Waals surface area contributed by atoms with Gasteiger partial charge in [-0.2, -0.15) is 0 Å². The van der Waals surface area contributed by atoms with E-state index in [-0.39, 0.29) is 18.6 Å². The molecule has 0 spiro atoms. The summed E-state index contributed by atoms with van der Waals surface area (Å²) in [6.07, 6.45) is 35.1. The van der Waals surface area contributed by atoms with Crippen molar-refractivity contribution in [1.82, 2.24) is 0 Å². The van der Waals surface area contributed by atoms with E-state index >= 15 is 0 Å². The molecule has 0 unspecified atom stereocenters. The van der Waals surface area contributed by atoms with Gasteiger partial charge in [-0.15, -0.1) is 0 Å². The Balaban J connectivity index is 3.74. The predicted octanol–water partition coefficient (Wildman–Crippen LogP) is 10.1. The van der Waals surface area contributed by atoms with Gasteiger partial charge in [0.05, 0.1) is 6.61 Å². The number of rotatable bonds is 32. The second-order valence-electron chi connectivity index (χ2n) is 12.1. The first-order valence-electron chi connectivity index (χ1n) is 17.9. The van der Waals surface area contributed by atoms with E-state index in [1.807, 2.05) is 0 Å². The van der Waals surface area contributed by atoms with E-state index in [1.165, 1.54) is 89.9 Å². The Labute approximate surface area is 260 Å². The molecule has 0 fully saturated rings. The number of carbonyl (C=O) groups is 2. The summed E-state index contributed by atoms with van der Waals surface area (Å²) in [4.78, 5) is 24.6. The Morgan fingerprint density at radius 1 is 0.571 bits per heavy atom. The molecule has 0 aliphatic carbocycles. The number of hydrogen-bond donors (Lipinski definition) is 2. The van der Waals surface area contributed by atoms with Crippen molar-refractivity contribution in [2.24, 2.45) is 0 Å². The molecule has 0 aliphatic rings. The maximum atomic E-state index is 12.4. The van der Waals surface area contributed by atoms with Crippen molar-refractivity contribution in [3.8, 4) is 0 Å². The van der Waals surface area contributed by atoms with E-state index in [0.29, 0.717) is 0 Å². The van der Waals surface area contributed by atoms with Gasteiger partial charge in [0.1, 0.15) is 0 Å². The van der Waals surface area contributed by atoms with Crippen molar-refractivity contribution in [2.75, 3.05) is 6.61 Å². The van der Waals surface area contributed by atoms with Gasteiger partial charge in [-0.05, 0) is 44.9 Å². The van der Waals surface area contributed by atoms with Crippen LogP contribution in [0.1, 0.15) is 181 Å². The molecule has 0 heterocycles. The minimum atomic E-state index is -1.44. The molecule has 0 saturated heterocycles. The van der Waals surface area contributed by atoms with Crippen LogP contribution in [0.4, 0.5) is 0 Å². The lowest BCUT2D eigenvalue weighted by Gasteiger charge is -2.20. The zero-order valence-electron chi connectivity index (χ0n) is 27.7. The molecule has 42 heavy (non-hydrogen) atoms. The standard InChI is InChI=1S/C37H68O5/c1-3-5-7-9-11-13-15-17-18-20-22-24-26-28-30-32-36(40)42-35(33-38)37(41)34(39)31-29-27-25-23-21-19-16-14-12-10-8-6-4-2/h11,13,17-18,35,37-38,41H,3-10,12,14-16,19-33H2,1-2H3/b13-11-,18-17-/t35-,37+/m0/s1. The zero-order valence-corrected chi connectivity index (χ0v) is 27.7. The predicted molar refractivity (Wildman–Crippen MR) is 178 cm³/mol. The van der Waals surface area contributed by atoms with Gasteiger partial charge in [-0.3, -0.25) is 9.59 Å². The Bertz CT molecular complexity index is 657. The first kappa shape index (κ1) is 40.5. The highest BCUT2D eigenvalue weighted by molar-refractivity contribution is 5.83. The second kappa shape index (κ2) is 32.5. The molecule has 0 amide bonds. The molecular weight excluding hydrogens is 524 g/mol. The van der Waals surface area contributed by atoms with Gasteiger partial charge in [0.15, 0.2) is 18.0 Å². The maximum absolute atomic E-state index is 12.4. The van der Waals surface area contributed by atoms with Gasteiger partial charge in [-0.1, -0.05) is 147 Å². The lowest BCUT2D eigenvalue weighted by atomic mass is 10.0. The molecule has 246 valence electrons. The summed E-state index contributed by atoms with van der Waals surface area (Å²) in [6.45, 7) is 3.94. The first-order chi connectivity index (χ1) is 20.6. The number of allylic oxidation sites excluding steroid dienone is 4. The number of Topliss-reactive ketones (excluding diaryl/α,β-unsaturated/α-hetero) is 1. The van der Waals surface area contributed by atoms with Crippen molar-refractivity contribution >= 4 is 11.8 Å². The van der Waals surface area contributed by atoms with Crippen LogP contribution in [0.25, 0.3) is 0 Å². The average Bonchev–Trinajstić information content (AvgIpc) is 2.99. The van der Waals surface area contributed by atoms with Crippen LogP contribution in [0.3, 0.4) is 0 Å². The lowest BCUT2D eigenvalue weighted by Crippen LogP contribution is -2.40. The molecule has 0 aliphatic heterocycles. The SMILES string of the molecule is CCCCC/C=C\C/C=C\CCCCCCCC(=O)O[C@@H](CO)[C@H](O)C(=O)CCCCCCCCCCCCCCC. The number of ether oxygens (including phenoxy) is 1. The smallest absolute Gasteiger partial charge is 0.306 e. The summed E-state index contributed by atoms with van der Waals surface area (Å²) >= 11 is 0. The normalized spacial score (nSPS) is 13.2. The van der Waals surface area contributed by atoms with Crippen LogP contribution in [0.15, 0.2) is 24.3 Å². The monoisotopic (exact) mass is 593 g/mol. The van der Waals surface area contributed by atoms with E-state index in [1.54, 1.807) is 0 Å². The molecule has 5 nitrogen and oxygen atoms in total. The Morgan fingerprint density at radius 3 is 1.48 bits per heavy atom. The minimum Gasteiger partial charge on any atom is -0.457 e. The molecule has 0 saturated carbocycles. The Hall–Kier alpha value is -1.46. The van der Waals surface area contributed by atoms with Crippen molar-refractivity contribution in [1.29, 1.82) is 0 Å². The van der Waals surface area contributed by atoms with Crippen LogP contribution < -0.4 is 0 Å². The second-order valence-corrected chi connectivity index (χ2v) is 12.1. The fraction of sp³-hybridized carbons (Fsp3) is 0.838. The van der Waals surface area contributed by atoms with Crippen molar-refractivity contribution in [2.45, 2.75) is 193 Å². The Kier molecular flexibility index (Phi) is 31.3. The van der Waals surface area contributed by atoms with Crippen LogP contribution in [-0.2, 0) is 14.3 Å². The molecule has 0 aromatic rings. The summed E-state index contributed by atoms with van der Waals surface area (Å²) in [5.41, 5.74) is 0. The molecule has 5 heteroatoms. The van der Waals surface area contributed by atoms with E-state index in [4.69, 9.17) is 4.74 Å². The number of ketones is 1. The van der Waals surface area contributed by atoms with Crippen LogP contribution >= 0.6 is 0 Å². The number of unbranched alkanes of at least 4 members (excludes halogenated alkanes) is 20. The highest BCUT2D eigenvalue weighted by atomic mass is 16.6. The molecule has 0 aromatic carbocycles. The third-order valence-electron chi connectivity index (χ3n) is 8.00. The number of hydrogen-bond acceptors (Lipinski definition) is 5. The van der Waals surface area contributed by atoms with Crippen LogP contribution in [0.2, 0.25) is 0 Å². The highest BCUT2D eigenvalue weighted by Crippen LogP contribution is 2.15. The molecule has 0 bridgehead atoms. The molecule has 2 atom stereocenters. The van der Waals surface area contributed by atoms with Gasteiger partial charge in [-0.25, -0.2) is 0 Å². The maximum Gasteiger partial charge on any atom is 0.306 e. The van der Waals surface area contributed by atoms with Crippen LogP contribution in [-0.4, -0.2) is 40.8 Å². The van der Waals surface area contributed by atoms with Gasteiger partial charge < -0.3 is 14.9 Å². The third kappa shape index (κ3) is 27.4. The topological polar surface area (TPSA) is 83.8 Å². The van der Waals surface area contributed by atoms with E-state index in [9.17, 15) is 19.8 Å². The van der Waals surface area contributed by atoms with E-state index in [0.717, 1.165) is 64.2 Å².